The molecule has 2 aromatic rings. The fourth-order valence-corrected chi connectivity index (χ4v) is 5.06. The van der Waals surface area contributed by atoms with Gasteiger partial charge in [0.25, 0.3) is 10.0 Å². The minimum atomic E-state index is -3.87. The van der Waals surface area contributed by atoms with Crippen LogP contribution in [0.1, 0.15) is 0 Å². The summed E-state index contributed by atoms with van der Waals surface area (Å²) in [7, 11) is -2.63. The SMILES string of the molecule is COC(=O)CN1C(=O)CSc2ccc(S(=O)(=O)Nc3cccc(SC)c3)cc21. The van der Waals surface area contributed by atoms with Crippen LogP contribution in [0.2, 0.25) is 0 Å². The van der Waals surface area contributed by atoms with Crippen molar-refractivity contribution in [2.24, 2.45) is 0 Å². The lowest BCUT2D eigenvalue weighted by molar-refractivity contribution is -0.139. The van der Waals surface area contributed by atoms with Gasteiger partial charge in [0.1, 0.15) is 6.54 Å². The van der Waals surface area contributed by atoms with Gasteiger partial charge in [0.15, 0.2) is 0 Å². The van der Waals surface area contributed by atoms with E-state index >= 15 is 0 Å². The Morgan fingerprint density at radius 3 is 2.79 bits per heavy atom. The van der Waals surface area contributed by atoms with Crippen molar-refractivity contribution in [3.63, 3.8) is 0 Å². The molecule has 1 aliphatic heterocycles. The number of hydrogen-bond donors (Lipinski definition) is 1. The molecule has 0 aliphatic carbocycles. The summed E-state index contributed by atoms with van der Waals surface area (Å²) in [4.78, 5) is 26.8. The predicted molar refractivity (Wildman–Crippen MR) is 111 cm³/mol. The summed E-state index contributed by atoms with van der Waals surface area (Å²) in [5.41, 5.74) is 0.828. The van der Waals surface area contributed by atoms with Gasteiger partial charge in [-0.2, -0.15) is 0 Å². The molecule has 1 amide bonds. The molecule has 0 spiro atoms. The molecule has 2 aromatic carbocycles. The summed E-state index contributed by atoms with van der Waals surface area (Å²) in [6.07, 6.45) is 1.90. The van der Waals surface area contributed by atoms with Crippen LogP contribution in [-0.2, 0) is 24.3 Å². The largest absolute Gasteiger partial charge is 0.468 e. The highest BCUT2D eigenvalue weighted by Gasteiger charge is 2.28. The molecule has 10 heteroatoms. The van der Waals surface area contributed by atoms with Gasteiger partial charge >= 0.3 is 5.97 Å². The monoisotopic (exact) mass is 438 g/mol. The molecule has 28 heavy (non-hydrogen) atoms. The number of nitrogens with one attached hydrogen (secondary N) is 1. The summed E-state index contributed by atoms with van der Waals surface area (Å²) in [5, 5.41) is 0. The average molecular weight is 439 g/mol. The normalized spacial score (nSPS) is 13.8. The summed E-state index contributed by atoms with van der Waals surface area (Å²) >= 11 is 2.81. The quantitative estimate of drug-likeness (QED) is 0.548. The van der Waals surface area contributed by atoms with Gasteiger partial charge in [-0.25, -0.2) is 8.42 Å². The third kappa shape index (κ3) is 4.45. The molecule has 0 saturated carbocycles. The number of esters is 1. The fraction of sp³-hybridized carbons (Fsp3) is 0.222. The van der Waals surface area contributed by atoms with E-state index < -0.39 is 16.0 Å². The van der Waals surface area contributed by atoms with Crippen molar-refractivity contribution in [1.82, 2.24) is 0 Å². The van der Waals surface area contributed by atoms with E-state index in [1.165, 1.54) is 47.7 Å². The van der Waals surface area contributed by atoms with E-state index in [4.69, 9.17) is 0 Å². The first-order valence-corrected chi connectivity index (χ1v) is 11.8. The number of sulfonamides is 1. The Labute approximate surface area is 171 Å². The smallest absolute Gasteiger partial charge is 0.325 e. The second-order valence-electron chi connectivity index (χ2n) is 5.81. The van der Waals surface area contributed by atoms with Crippen molar-refractivity contribution in [2.45, 2.75) is 14.7 Å². The third-order valence-electron chi connectivity index (χ3n) is 4.02. The zero-order valence-electron chi connectivity index (χ0n) is 15.2. The second kappa shape index (κ2) is 8.46. The number of thioether (sulfide) groups is 2. The summed E-state index contributed by atoms with van der Waals surface area (Å²) in [5.74, 6) is -0.680. The summed E-state index contributed by atoms with van der Waals surface area (Å²) in [6, 6.07) is 11.6. The zero-order chi connectivity index (χ0) is 20.3. The molecule has 7 nitrogen and oxygen atoms in total. The Balaban J connectivity index is 1.94. The molecular formula is C18H18N2O5S3. The van der Waals surface area contributed by atoms with Gasteiger partial charge in [0, 0.05) is 15.5 Å². The van der Waals surface area contributed by atoms with Crippen molar-refractivity contribution >= 4 is 56.8 Å². The van der Waals surface area contributed by atoms with Gasteiger partial charge in [-0.3, -0.25) is 19.2 Å². The van der Waals surface area contributed by atoms with Crippen LogP contribution in [-0.4, -0.2) is 46.0 Å². The van der Waals surface area contributed by atoms with Crippen LogP contribution in [0.4, 0.5) is 11.4 Å². The zero-order valence-corrected chi connectivity index (χ0v) is 17.6. The van der Waals surface area contributed by atoms with Gasteiger partial charge in [0.05, 0.1) is 23.4 Å². The van der Waals surface area contributed by atoms with Crippen LogP contribution in [0.3, 0.4) is 0 Å². The Kier molecular flexibility index (Phi) is 6.21. The Bertz CT molecular complexity index is 1020. The molecular weight excluding hydrogens is 420 g/mol. The number of rotatable bonds is 6. The Hall–Kier alpha value is -2.17. The fourth-order valence-electron chi connectivity index (χ4n) is 2.62. The highest BCUT2D eigenvalue weighted by Crippen LogP contribution is 2.37. The van der Waals surface area contributed by atoms with Crippen LogP contribution in [0.15, 0.2) is 57.2 Å². The molecule has 3 rings (SSSR count). The Morgan fingerprint density at radius 2 is 2.07 bits per heavy atom. The van der Waals surface area contributed by atoms with E-state index in [9.17, 15) is 18.0 Å². The minimum Gasteiger partial charge on any atom is -0.468 e. The van der Waals surface area contributed by atoms with E-state index in [0.717, 1.165) is 9.79 Å². The lowest BCUT2D eigenvalue weighted by Crippen LogP contribution is -2.39. The van der Waals surface area contributed by atoms with Crippen molar-refractivity contribution < 1.29 is 22.7 Å². The lowest BCUT2D eigenvalue weighted by atomic mass is 10.2. The van der Waals surface area contributed by atoms with E-state index in [1.807, 2.05) is 12.3 Å². The van der Waals surface area contributed by atoms with Crippen LogP contribution in [0, 0.1) is 0 Å². The molecule has 1 heterocycles. The van der Waals surface area contributed by atoms with E-state index in [1.54, 1.807) is 24.3 Å². The highest BCUT2D eigenvalue weighted by atomic mass is 32.2. The molecule has 0 saturated heterocycles. The summed E-state index contributed by atoms with van der Waals surface area (Å²) in [6.45, 7) is -0.268. The molecule has 0 unspecified atom stereocenters. The average Bonchev–Trinajstić information content (AvgIpc) is 2.69. The molecule has 148 valence electrons. The lowest BCUT2D eigenvalue weighted by Gasteiger charge is -2.28. The second-order valence-corrected chi connectivity index (χ2v) is 9.39. The van der Waals surface area contributed by atoms with E-state index in [2.05, 4.69) is 9.46 Å². The number of carbonyl (C=O) groups excluding carboxylic acids is 2. The third-order valence-corrected chi connectivity index (χ3v) is 7.17. The van der Waals surface area contributed by atoms with Crippen LogP contribution >= 0.6 is 23.5 Å². The molecule has 0 bridgehead atoms. The maximum atomic E-state index is 12.8. The minimum absolute atomic E-state index is 0.00553. The maximum absolute atomic E-state index is 12.8. The Morgan fingerprint density at radius 1 is 1.29 bits per heavy atom. The number of carbonyl (C=O) groups is 2. The van der Waals surface area contributed by atoms with E-state index in [0.29, 0.717) is 11.4 Å². The van der Waals surface area contributed by atoms with E-state index in [-0.39, 0.29) is 23.1 Å². The van der Waals surface area contributed by atoms with Crippen molar-refractivity contribution in [3.05, 3.63) is 42.5 Å². The first-order valence-electron chi connectivity index (χ1n) is 8.15. The predicted octanol–water partition coefficient (Wildman–Crippen LogP) is 2.82. The first-order chi connectivity index (χ1) is 13.3. The number of fused-ring (bicyclic) bond motifs is 1. The molecule has 1 N–H and O–H groups in total. The number of anilines is 2. The standard InChI is InChI=1S/C18H18N2O5S3/c1-25-18(22)10-20-15-9-14(6-7-16(15)27-11-17(20)21)28(23,24)19-12-4-3-5-13(8-12)26-2/h3-9,19H,10-11H2,1-2H3. The number of nitrogens with zero attached hydrogens (tertiary/aromatic N) is 1. The van der Waals surface area contributed by atoms with Gasteiger partial charge in [-0.05, 0) is 42.7 Å². The van der Waals surface area contributed by atoms with Crippen molar-refractivity contribution in [3.8, 4) is 0 Å². The number of hydrogen-bond acceptors (Lipinski definition) is 7. The number of methoxy groups -OCH3 is 1. The maximum Gasteiger partial charge on any atom is 0.325 e. The van der Waals surface area contributed by atoms with Crippen LogP contribution in [0.25, 0.3) is 0 Å². The van der Waals surface area contributed by atoms with Crippen LogP contribution in [0.5, 0.6) is 0 Å². The number of ether oxygens (including phenoxy) is 1. The number of benzene rings is 2. The van der Waals surface area contributed by atoms with Gasteiger partial charge < -0.3 is 4.74 Å². The molecule has 0 radical (unpaired) electrons. The summed E-state index contributed by atoms with van der Waals surface area (Å²) < 4.78 is 32.9. The molecule has 0 fully saturated rings. The molecule has 1 aliphatic rings. The van der Waals surface area contributed by atoms with Gasteiger partial charge in [0.2, 0.25) is 5.91 Å². The van der Waals surface area contributed by atoms with Gasteiger partial charge in [-0.15, -0.1) is 23.5 Å². The molecule has 0 aromatic heterocycles. The number of amides is 1. The first kappa shape index (κ1) is 20.6. The van der Waals surface area contributed by atoms with Crippen LogP contribution < -0.4 is 9.62 Å². The van der Waals surface area contributed by atoms with Gasteiger partial charge in [-0.1, -0.05) is 6.07 Å². The highest BCUT2D eigenvalue weighted by molar-refractivity contribution is 8.00. The van der Waals surface area contributed by atoms with Crippen molar-refractivity contribution in [1.29, 1.82) is 0 Å². The topological polar surface area (TPSA) is 92.8 Å². The molecule has 0 atom stereocenters. The van der Waals surface area contributed by atoms with Crippen molar-refractivity contribution in [2.75, 3.05) is 35.3 Å².